The number of hydrogen-bond acceptors (Lipinski definition) is 8. The number of benzene rings is 1. The van der Waals surface area contributed by atoms with Crippen LogP contribution in [0, 0.1) is 11.8 Å². The third kappa shape index (κ3) is 2.79. The number of rotatable bonds is 3. The van der Waals surface area contributed by atoms with Crippen molar-refractivity contribution in [1.82, 2.24) is 10.2 Å². The van der Waals surface area contributed by atoms with Gasteiger partial charge in [0, 0.05) is 19.2 Å². The highest BCUT2D eigenvalue weighted by atomic mass is 32.1. The third-order valence-corrected chi connectivity index (χ3v) is 6.09. The van der Waals surface area contributed by atoms with Crippen molar-refractivity contribution in [3.8, 4) is 17.2 Å². The van der Waals surface area contributed by atoms with Crippen LogP contribution in [0.1, 0.15) is 12.8 Å². The summed E-state index contributed by atoms with van der Waals surface area (Å²) in [6.45, 7) is 2.14. The molecule has 5 rings (SSSR count). The summed E-state index contributed by atoms with van der Waals surface area (Å²) in [6.07, 6.45) is 0.946. The van der Waals surface area contributed by atoms with Crippen molar-refractivity contribution in [3.63, 3.8) is 0 Å². The van der Waals surface area contributed by atoms with Gasteiger partial charge in [-0.15, -0.1) is 10.2 Å². The van der Waals surface area contributed by atoms with Gasteiger partial charge in [0.2, 0.25) is 11.9 Å². The van der Waals surface area contributed by atoms with Crippen LogP contribution in [0.25, 0.3) is 0 Å². The summed E-state index contributed by atoms with van der Waals surface area (Å²) in [7, 11) is 0. The highest BCUT2D eigenvalue weighted by Gasteiger charge is 2.43. The van der Waals surface area contributed by atoms with Gasteiger partial charge in [-0.1, -0.05) is 11.3 Å². The van der Waals surface area contributed by atoms with E-state index >= 15 is 0 Å². The maximum absolute atomic E-state index is 10.6. The minimum atomic E-state index is -0.457. The van der Waals surface area contributed by atoms with Crippen LogP contribution in [0.15, 0.2) is 23.7 Å². The number of hydrogen-bond donors (Lipinski definition) is 1. The van der Waals surface area contributed by atoms with Crippen molar-refractivity contribution in [1.29, 1.82) is 0 Å². The van der Waals surface area contributed by atoms with Gasteiger partial charge in [-0.05, 0) is 36.8 Å². The first-order valence-electron chi connectivity index (χ1n) is 8.52. The lowest BCUT2D eigenvalue weighted by Crippen LogP contribution is -2.42. The standard InChI is InChI=1S/C17H19N3O4S/c21-13-3-10-6-20(17-19-18-8-25-17)7-11(10)4-15(13)24-12-1-2-14-16(5-12)23-9-22-14/h1-2,5,8,10-11,13,15,21H,3-4,6-7,9H2/t10-,11+,13+,15+/m0/s1. The Labute approximate surface area is 149 Å². The molecule has 25 heavy (non-hydrogen) atoms. The monoisotopic (exact) mass is 361 g/mol. The molecule has 0 spiro atoms. The Bertz CT molecular complexity index is 756. The number of fused-ring (bicyclic) bond motifs is 2. The molecule has 0 unspecified atom stereocenters. The number of anilines is 1. The Kier molecular flexibility index (Phi) is 3.67. The average Bonchev–Trinajstić information content (AvgIpc) is 3.34. The van der Waals surface area contributed by atoms with Crippen LogP contribution in [0.2, 0.25) is 0 Å². The van der Waals surface area contributed by atoms with Gasteiger partial charge >= 0.3 is 0 Å². The summed E-state index contributed by atoms with van der Waals surface area (Å²) in [5.74, 6) is 3.14. The first-order valence-corrected chi connectivity index (χ1v) is 9.40. The van der Waals surface area contributed by atoms with E-state index in [1.807, 2.05) is 18.2 Å². The van der Waals surface area contributed by atoms with Gasteiger partial charge in [-0.3, -0.25) is 0 Å². The maximum Gasteiger partial charge on any atom is 0.231 e. The van der Waals surface area contributed by atoms with E-state index in [9.17, 15) is 5.11 Å². The topological polar surface area (TPSA) is 76.9 Å². The number of aromatic nitrogens is 2. The molecule has 1 aromatic carbocycles. The molecular formula is C17H19N3O4S. The number of nitrogens with zero attached hydrogens (tertiary/aromatic N) is 3. The molecule has 1 N–H and O–H groups in total. The fourth-order valence-electron chi connectivity index (χ4n) is 4.10. The van der Waals surface area contributed by atoms with E-state index in [1.165, 1.54) is 0 Å². The summed E-state index contributed by atoms with van der Waals surface area (Å²) in [5.41, 5.74) is 1.76. The van der Waals surface area contributed by atoms with E-state index in [0.717, 1.165) is 36.8 Å². The first kappa shape index (κ1) is 15.2. The molecule has 2 aromatic rings. The molecule has 1 aromatic heterocycles. The maximum atomic E-state index is 10.6. The van der Waals surface area contributed by atoms with Gasteiger partial charge < -0.3 is 24.2 Å². The minimum Gasteiger partial charge on any atom is -0.488 e. The van der Waals surface area contributed by atoms with E-state index in [1.54, 1.807) is 16.8 Å². The highest BCUT2D eigenvalue weighted by molar-refractivity contribution is 7.13. The molecule has 8 heteroatoms. The van der Waals surface area contributed by atoms with Gasteiger partial charge in [0.1, 0.15) is 17.4 Å². The minimum absolute atomic E-state index is 0.198. The summed E-state index contributed by atoms with van der Waals surface area (Å²) < 4.78 is 16.8. The quantitative estimate of drug-likeness (QED) is 0.895. The average molecular weight is 361 g/mol. The van der Waals surface area contributed by atoms with Crippen LogP contribution >= 0.6 is 11.3 Å². The molecule has 7 nitrogen and oxygen atoms in total. The Morgan fingerprint density at radius 2 is 2.00 bits per heavy atom. The fraction of sp³-hybridized carbons (Fsp3) is 0.529. The Hall–Kier alpha value is -2.06. The zero-order chi connectivity index (χ0) is 16.8. The van der Waals surface area contributed by atoms with Crippen molar-refractivity contribution in [2.24, 2.45) is 11.8 Å². The predicted octanol–water partition coefficient (Wildman–Crippen LogP) is 1.92. The fourth-order valence-corrected chi connectivity index (χ4v) is 4.68. The lowest BCUT2D eigenvalue weighted by atomic mass is 9.78. The summed E-state index contributed by atoms with van der Waals surface area (Å²) in [5, 5.41) is 19.6. The molecule has 0 amide bonds. The lowest BCUT2D eigenvalue weighted by Gasteiger charge is -2.35. The Morgan fingerprint density at radius 3 is 2.84 bits per heavy atom. The zero-order valence-electron chi connectivity index (χ0n) is 13.6. The molecule has 0 radical (unpaired) electrons. The molecule has 4 atom stereocenters. The second-order valence-corrected chi connectivity index (χ2v) is 7.67. The summed E-state index contributed by atoms with van der Waals surface area (Å²) >= 11 is 1.57. The smallest absolute Gasteiger partial charge is 0.231 e. The molecule has 1 saturated heterocycles. The predicted molar refractivity (Wildman–Crippen MR) is 91.3 cm³/mol. The van der Waals surface area contributed by atoms with Crippen LogP contribution in [0.3, 0.4) is 0 Å². The molecular weight excluding hydrogens is 342 g/mol. The van der Waals surface area contributed by atoms with Crippen molar-refractivity contribution < 1.29 is 19.3 Å². The van der Waals surface area contributed by atoms with Crippen molar-refractivity contribution in [2.75, 3.05) is 24.8 Å². The largest absolute Gasteiger partial charge is 0.488 e. The molecule has 0 bridgehead atoms. The molecule has 1 aliphatic carbocycles. The first-order chi connectivity index (χ1) is 12.3. The molecule has 3 aliphatic rings. The number of aliphatic hydroxyl groups is 1. The van der Waals surface area contributed by atoms with Crippen LogP contribution < -0.4 is 19.1 Å². The van der Waals surface area contributed by atoms with Crippen LogP contribution in [-0.4, -0.2) is 47.4 Å². The highest BCUT2D eigenvalue weighted by Crippen LogP contribution is 2.41. The van der Waals surface area contributed by atoms with Crippen LogP contribution in [-0.2, 0) is 0 Å². The zero-order valence-corrected chi connectivity index (χ0v) is 14.4. The molecule has 2 aliphatic heterocycles. The second-order valence-electron chi connectivity index (χ2n) is 6.86. The normalized spacial score (nSPS) is 30.4. The van der Waals surface area contributed by atoms with E-state index in [2.05, 4.69) is 15.1 Å². The van der Waals surface area contributed by atoms with Gasteiger partial charge in [-0.2, -0.15) is 0 Å². The Morgan fingerprint density at radius 1 is 1.16 bits per heavy atom. The Balaban J connectivity index is 1.28. The number of ether oxygens (including phenoxy) is 3. The molecule has 3 heterocycles. The van der Waals surface area contributed by atoms with E-state index in [4.69, 9.17) is 14.2 Å². The summed E-state index contributed by atoms with van der Waals surface area (Å²) in [4.78, 5) is 2.28. The number of aliphatic hydroxyl groups excluding tert-OH is 1. The van der Waals surface area contributed by atoms with Gasteiger partial charge in [0.15, 0.2) is 11.5 Å². The van der Waals surface area contributed by atoms with Crippen LogP contribution in [0.4, 0.5) is 5.13 Å². The van der Waals surface area contributed by atoms with Crippen LogP contribution in [0.5, 0.6) is 17.2 Å². The summed E-state index contributed by atoms with van der Waals surface area (Å²) in [6, 6.07) is 5.56. The third-order valence-electron chi connectivity index (χ3n) is 5.34. The second kappa shape index (κ2) is 6.03. The van der Waals surface area contributed by atoms with E-state index < -0.39 is 6.10 Å². The van der Waals surface area contributed by atoms with E-state index in [0.29, 0.717) is 23.3 Å². The van der Waals surface area contributed by atoms with Gasteiger partial charge in [-0.25, -0.2) is 0 Å². The van der Waals surface area contributed by atoms with Crippen molar-refractivity contribution in [2.45, 2.75) is 25.0 Å². The van der Waals surface area contributed by atoms with Gasteiger partial charge in [0.25, 0.3) is 0 Å². The van der Waals surface area contributed by atoms with Crippen molar-refractivity contribution in [3.05, 3.63) is 23.7 Å². The molecule has 1 saturated carbocycles. The van der Waals surface area contributed by atoms with Gasteiger partial charge in [0.05, 0.1) is 6.10 Å². The van der Waals surface area contributed by atoms with E-state index in [-0.39, 0.29) is 12.9 Å². The molecule has 2 fully saturated rings. The van der Waals surface area contributed by atoms with Crippen molar-refractivity contribution >= 4 is 16.5 Å². The lowest BCUT2D eigenvalue weighted by molar-refractivity contribution is -0.0232. The molecule has 132 valence electrons. The SMILES string of the molecule is O[C@@H]1C[C@H]2CN(c3nncs3)C[C@H]2C[C@H]1Oc1ccc2c(c1)OCO2.